The lowest BCUT2D eigenvalue weighted by Gasteiger charge is -2.15. The maximum atomic E-state index is 12.1. The van der Waals surface area contributed by atoms with Crippen LogP contribution < -0.4 is 10.1 Å². The molecule has 0 radical (unpaired) electrons. The Morgan fingerprint density at radius 1 is 1.29 bits per heavy atom. The van der Waals surface area contributed by atoms with Crippen molar-refractivity contribution in [3.05, 3.63) is 57.1 Å². The zero-order valence-electron chi connectivity index (χ0n) is 12.0. The molecule has 0 atom stereocenters. The quantitative estimate of drug-likeness (QED) is 0.576. The van der Waals surface area contributed by atoms with Crippen LogP contribution in [-0.2, 0) is 6.61 Å². The summed E-state index contributed by atoms with van der Waals surface area (Å²) in [7, 11) is 0. The molecule has 0 saturated heterocycles. The van der Waals surface area contributed by atoms with Crippen LogP contribution in [0.4, 0.5) is 11.0 Å². The summed E-state index contributed by atoms with van der Waals surface area (Å²) in [6.07, 6.45) is 0. The number of carbonyl (C=O) groups excluding carboxylic acids is 1. The van der Waals surface area contributed by atoms with Gasteiger partial charge in [0.05, 0.1) is 16.6 Å². The number of carbonyl (C=O) groups is 1. The highest BCUT2D eigenvalue weighted by Gasteiger charge is 2.23. The summed E-state index contributed by atoms with van der Waals surface area (Å²) >= 11 is 1.29. The van der Waals surface area contributed by atoms with Crippen LogP contribution in [0.3, 0.4) is 0 Å². The minimum atomic E-state index is -0.701. The summed E-state index contributed by atoms with van der Waals surface area (Å²) in [5, 5.41) is 13.6. The van der Waals surface area contributed by atoms with Crippen LogP contribution in [0.1, 0.15) is 15.4 Å². The number of aromatic nitrogens is 1. The van der Waals surface area contributed by atoms with Gasteiger partial charge in [-0.3, -0.25) is 20.2 Å². The highest BCUT2D eigenvalue weighted by atomic mass is 32.1. The normalized spacial score (nSPS) is 12.0. The van der Waals surface area contributed by atoms with E-state index in [9.17, 15) is 14.9 Å². The van der Waals surface area contributed by atoms with Gasteiger partial charge in [0.25, 0.3) is 5.91 Å². The van der Waals surface area contributed by atoms with Gasteiger partial charge in [0.2, 0.25) is 0 Å². The van der Waals surface area contributed by atoms with E-state index < -0.39 is 16.7 Å². The number of para-hydroxylation sites is 1. The predicted octanol–water partition coefficient (Wildman–Crippen LogP) is 3.46. The SMILES string of the molecule is O=C(Nc1nc2c(s1)COc1ccccc1-2)c1ccc([N+](=O)[O-])o1. The van der Waals surface area contributed by atoms with E-state index in [4.69, 9.17) is 9.15 Å². The van der Waals surface area contributed by atoms with Crippen molar-refractivity contribution in [2.75, 3.05) is 5.32 Å². The van der Waals surface area contributed by atoms with Gasteiger partial charge >= 0.3 is 5.88 Å². The highest BCUT2D eigenvalue weighted by Crippen LogP contribution is 2.40. The summed E-state index contributed by atoms with van der Waals surface area (Å²) in [6.45, 7) is 0.381. The number of amides is 1. The first-order chi connectivity index (χ1) is 11.6. The Morgan fingerprint density at radius 2 is 2.12 bits per heavy atom. The minimum Gasteiger partial charge on any atom is -0.487 e. The molecule has 1 amide bonds. The second kappa shape index (κ2) is 5.46. The van der Waals surface area contributed by atoms with Gasteiger partial charge in [-0.05, 0) is 18.2 Å². The zero-order chi connectivity index (χ0) is 16.7. The molecule has 0 bridgehead atoms. The molecule has 0 aliphatic carbocycles. The maximum absolute atomic E-state index is 12.1. The first-order valence-corrected chi connectivity index (χ1v) is 7.71. The van der Waals surface area contributed by atoms with E-state index in [0.717, 1.165) is 28.0 Å². The van der Waals surface area contributed by atoms with Gasteiger partial charge in [-0.2, -0.15) is 0 Å². The van der Waals surface area contributed by atoms with Crippen molar-refractivity contribution in [2.45, 2.75) is 6.61 Å². The van der Waals surface area contributed by atoms with E-state index in [-0.39, 0.29) is 5.76 Å². The van der Waals surface area contributed by atoms with Crippen molar-refractivity contribution in [2.24, 2.45) is 0 Å². The van der Waals surface area contributed by atoms with E-state index in [2.05, 4.69) is 10.3 Å². The van der Waals surface area contributed by atoms with E-state index in [1.54, 1.807) is 0 Å². The number of benzene rings is 1. The summed E-state index contributed by atoms with van der Waals surface area (Å²) < 4.78 is 10.5. The van der Waals surface area contributed by atoms with E-state index >= 15 is 0 Å². The molecule has 0 unspecified atom stereocenters. The molecule has 3 heterocycles. The summed E-state index contributed by atoms with van der Waals surface area (Å²) in [4.78, 5) is 27.3. The average molecular weight is 343 g/mol. The van der Waals surface area contributed by atoms with Gasteiger partial charge in [0.1, 0.15) is 17.3 Å². The lowest BCUT2D eigenvalue weighted by Crippen LogP contribution is -2.10. The second-order valence-electron chi connectivity index (χ2n) is 4.92. The van der Waals surface area contributed by atoms with Crippen molar-refractivity contribution in [1.82, 2.24) is 4.98 Å². The molecule has 2 aromatic heterocycles. The minimum absolute atomic E-state index is 0.147. The van der Waals surface area contributed by atoms with Crippen molar-refractivity contribution >= 4 is 28.3 Å². The first-order valence-electron chi connectivity index (χ1n) is 6.89. The molecule has 8 nitrogen and oxygen atoms in total. The standard InChI is InChI=1S/C15H9N3O5S/c19-14(10-5-6-12(23-10)18(20)21)17-15-16-13-8-3-1-2-4-9(8)22-7-11(13)24-15/h1-6H,7H2,(H,16,17,19). The van der Waals surface area contributed by atoms with Crippen molar-refractivity contribution in [3.63, 3.8) is 0 Å². The van der Waals surface area contributed by atoms with Crippen molar-refractivity contribution in [1.29, 1.82) is 0 Å². The third kappa shape index (κ3) is 2.40. The number of nitro groups is 1. The lowest BCUT2D eigenvalue weighted by atomic mass is 10.1. The number of hydrogen-bond acceptors (Lipinski definition) is 7. The number of nitrogens with one attached hydrogen (secondary N) is 1. The van der Waals surface area contributed by atoms with Crippen LogP contribution >= 0.6 is 11.3 Å². The molecule has 9 heteroatoms. The molecule has 1 aromatic carbocycles. The Labute approximate surface area is 138 Å². The van der Waals surface area contributed by atoms with E-state index in [1.165, 1.54) is 17.4 Å². The number of anilines is 1. The fraction of sp³-hybridized carbons (Fsp3) is 0.0667. The topological polar surface area (TPSA) is 108 Å². The van der Waals surface area contributed by atoms with Gasteiger partial charge < -0.3 is 9.15 Å². The Balaban J connectivity index is 1.59. The Bertz CT molecular complexity index is 962. The molecule has 0 fully saturated rings. The number of ether oxygens (including phenoxy) is 1. The van der Waals surface area contributed by atoms with Crippen LogP contribution in [0.5, 0.6) is 5.75 Å². The molecule has 4 rings (SSSR count). The molecular formula is C15H9N3O5S. The number of nitrogens with zero attached hydrogens (tertiary/aromatic N) is 2. The smallest absolute Gasteiger partial charge is 0.433 e. The molecule has 1 aliphatic heterocycles. The molecule has 1 aliphatic rings. The predicted molar refractivity (Wildman–Crippen MR) is 85.2 cm³/mol. The molecule has 0 saturated carbocycles. The van der Waals surface area contributed by atoms with Gasteiger partial charge in [-0.15, -0.1) is 0 Å². The summed E-state index contributed by atoms with van der Waals surface area (Å²) in [5.41, 5.74) is 1.63. The third-order valence-corrected chi connectivity index (χ3v) is 4.36. The van der Waals surface area contributed by atoms with Gasteiger partial charge in [-0.1, -0.05) is 23.5 Å². The van der Waals surface area contributed by atoms with Gasteiger partial charge in [0, 0.05) is 5.56 Å². The third-order valence-electron chi connectivity index (χ3n) is 3.41. The largest absolute Gasteiger partial charge is 0.487 e. The number of thiazole rings is 1. The summed E-state index contributed by atoms with van der Waals surface area (Å²) in [6, 6.07) is 9.90. The Morgan fingerprint density at radius 3 is 2.92 bits per heavy atom. The molecule has 1 N–H and O–H groups in total. The van der Waals surface area contributed by atoms with Crippen LogP contribution in [0.15, 0.2) is 40.8 Å². The summed E-state index contributed by atoms with van der Waals surface area (Å²) in [5.74, 6) is -0.481. The maximum Gasteiger partial charge on any atom is 0.433 e. The molecule has 120 valence electrons. The molecule has 0 spiro atoms. The van der Waals surface area contributed by atoms with Crippen LogP contribution in [0.25, 0.3) is 11.3 Å². The monoisotopic (exact) mass is 343 g/mol. The number of furan rings is 1. The Kier molecular flexibility index (Phi) is 3.28. The fourth-order valence-corrected chi connectivity index (χ4v) is 3.24. The van der Waals surface area contributed by atoms with Crippen LogP contribution in [-0.4, -0.2) is 15.8 Å². The average Bonchev–Trinajstić information content (AvgIpc) is 3.21. The number of rotatable bonds is 3. The molecular weight excluding hydrogens is 334 g/mol. The number of fused-ring (bicyclic) bond motifs is 3. The van der Waals surface area contributed by atoms with Crippen molar-refractivity contribution < 1.29 is 18.9 Å². The van der Waals surface area contributed by atoms with Crippen molar-refractivity contribution in [3.8, 4) is 17.0 Å². The number of hydrogen-bond donors (Lipinski definition) is 1. The van der Waals surface area contributed by atoms with Gasteiger partial charge in [0.15, 0.2) is 10.9 Å². The fourth-order valence-electron chi connectivity index (χ4n) is 2.35. The zero-order valence-corrected chi connectivity index (χ0v) is 12.8. The Hall–Kier alpha value is -3.20. The van der Waals surface area contributed by atoms with E-state index in [1.807, 2.05) is 24.3 Å². The van der Waals surface area contributed by atoms with E-state index in [0.29, 0.717) is 11.7 Å². The molecule has 24 heavy (non-hydrogen) atoms. The lowest BCUT2D eigenvalue weighted by molar-refractivity contribution is -0.402. The van der Waals surface area contributed by atoms with Crippen LogP contribution in [0, 0.1) is 10.1 Å². The highest BCUT2D eigenvalue weighted by molar-refractivity contribution is 7.16. The second-order valence-corrected chi connectivity index (χ2v) is 6.01. The van der Waals surface area contributed by atoms with Crippen LogP contribution in [0.2, 0.25) is 0 Å². The van der Waals surface area contributed by atoms with Gasteiger partial charge in [-0.25, -0.2) is 4.98 Å². The molecule has 3 aromatic rings. The first kappa shape index (κ1) is 14.4.